The highest BCUT2D eigenvalue weighted by molar-refractivity contribution is 7.89. The molecule has 2 aliphatic heterocycles. The van der Waals surface area contributed by atoms with Crippen molar-refractivity contribution in [3.63, 3.8) is 0 Å². The zero-order valence-electron chi connectivity index (χ0n) is 16.7. The van der Waals surface area contributed by atoms with Crippen LogP contribution in [0.1, 0.15) is 77.0 Å². The first kappa shape index (κ1) is 21.8. The molecule has 7 heteroatoms. The monoisotopic (exact) mass is 413 g/mol. The van der Waals surface area contributed by atoms with E-state index in [-0.39, 0.29) is 36.3 Å². The van der Waals surface area contributed by atoms with Crippen molar-refractivity contribution < 1.29 is 23.1 Å². The smallest absolute Gasteiger partial charge is 0.303 e. The van der Waals surface area contributed by atoms with Crippen LogP contribution in [0.5, 0.6) is 0 Å². The van der Waals surface area contributed by atoms with Crippen molar-refractivity contribution in [2.24, 2.45) is 11.8 Å². The first-order valence-electron chi connectivity index (χ1n) is 11.0. The van der Waals surface area contributed by atoms with Gasteiger partial charge in [-0.1, -0.05) is 44.3 Å². The highest BCUT2D eigenvalue weighted by Gasteiger charge is 2.49. The van der Waals surface area contributed by atoms with Crippen LogP contribution in [0.4, 0.5) is 0 Å². The first-order valence-corrected chi connectivity index (χ1v) is 12.6. The maximum atomic E-state index is 12.7. The van der Waals surface area contributed by atoms with Gasteiger partial charge in [0.25, 0.3) is 0 Å². The minimum absolute atomic E-state index is 0.000124. The van der Waals surface area contributed by atoms with Crippen molar-refractivity contribution in [2.45, 2.75) is 95.3 Å². The molecule has 2 bridgehead atoms. The Labute approximate surface area is 169 Å². The van der Waals surface area contributed by atoms with Crippen LogP contribution in [0.15, 0.2) is 12.2 Å². The molecular formula is C21H35NO5S. The molecule has 2 N–H and O–H groups in total. The van der Waals surface area contributed by atoms with Crippen LogP contribution in [-0.2, 0) is 19.6 Å². The number of fused-ring (bicyclic) bond motifs is 2. The highest BCUT2D eigenvalue weighted by atomic mass is 32.2. The number of nitrogens with one attached hydrogen (secondary N) is 1. The zero-order chi connectivity index (χ0) is 20.0. The van der Waals surface area contributed by atoms with Crippen LogP contribution in [0.3, 0.4) is 0 Å². The summed E-state index contributed by atoms with van der Waals surface area (Å²) in [5.74, 6) is 0.200. The molecule has 0 aromatic carbocycles. The van der Waals surface area contributed by atoms with Gasteiger partial charge in [-0.15, -0.1) is 0 Å². The molecule has 0 radical (unpaired) electrons. The van der Waals surface area contributed by atoms with Gasteiger partial charge in [0, 0.05) is 12.3 Å². The Morgan fingerprint density at radius 1 is 1.07 bits per heavy atom. The van der Waals surface area contributed by atoms with E-state index in [0.717, 1.165) is 32.1 Å². The second-order valence-electron chi connectivity index (χ2n) is 8.70. The average molecular weight is 414 g/mol. The van der Waals surface area contributed by atoms with E-state index in [1.54, 1.807) is 0 Å². The van der Waals surface area contributed by atoms with E-state index in [4.69, 9.17) is 9.84 Å². The molecule has 3 fully saturated rings. The quantitative estimate of drug-likeness (QED) is 0.399. The summed E-state index contributed by atoms with van der Waals surface area (Å²) >= 11 is 0. The lowest BCUT2D eigenvalue weighted by atomic mass is 9.83. The third-order valence-corrected chi connectivity index (χ3v) is 8.00. The molecule has 4 unspecified atom stereocenters. The van der Waals surface area contributed by atoms with E-state index in [9.17, 15) is 13.2 Å². The van der Waals surface area contributed by atoms with E-state index in [2.05, 4.69) is 10.8 Å². The molecule has 1 aliphatic carbocycles. The summed E-state index contributed by atoms with van der Waals surface area (Å²) in [4.78, 5) is 10.6. The Morgan fingerprint density at radius 2 is 1.82 bits per heavy atom. The number of allylic oxidation sites excluding steroid dienone is 2. The molecule has 2 heterocycles. The van der Waals surface area contributed by atoms with Crippen LogP contribution in [0.2, 0.25) is 0 Å². The number of aliphatic carboxylic acids is 1. The molecule has 0 aromatic heterocycles. The second kappa shape index (κ2) is 10.2. The first-order chi connectivity index (χ1) is 13.4. The van der Waals surface area contributed by atoms with Gasteiger partial charge < -0.3 is 9.84 Å². The number of hydrogen-bond donors (Lipinski definition) is 2. The molecule has 0 aromatic rings. The number of rotatable bonds is 11. The fourth-order valence-electron chi connectivity index (χ4n) is 5.04. The largest absolute Gasteiger partial charge is 0.481 e. The van der Waals surface area contributed by atoms with Gasteiger partial charge in [-0.2, -0.15) is 0 Å². The summed E-state index contributed by atoms with van der Waals surface area (Å²) in [6.07, 6.45) is 15.4. The molecule has 1 saturated carbocycles. The number of hydrogen-bond acceptors (Lipinski definition) is 4. The molecule has 3 rings (SSSR count). The molecule has 28 heavy (non-hydrogen) atoms. The van der Waals surface area contributed by atoms with Gasteiger partial charge in [0.15, 0.2) is 0 Å². The van der Waals surface area contributed by atoms with Gasteiger partial charge in [-0.05, 0) is 44.4 Å². The molecule has 160 valence electrons. The van der Waals surface area contributed by atoms with Crippen LogP contribution in [-0.4, -0.2) is 43.5 Å². The maximum absolute atomic E-state index is 12.7. The molecule has 4 atom stereocenters. The Kier molecular flexibility index (Phi) is 7.94. The number of sulfonamides is 1. The number of carboxylic acids is 1. The van der Waals surface area contributed by atoms with Crippen molar-refractivity contribution in [1.29, 1.82) is 0 Å². The summed E-state index contributed by atoms with van der Waals surface area (Å²) < 4.78 is 34.4. The third kappa shape index (κ3) is 6.29. The number of carbonyl (C=O) groups is 1. The lowest BCUT2D eigenvalue weighted by Gasteiger charge is -2.28. The lowest BCUT2D eigenvalue weighted by Crippen LogP contribution is -2.47. The van der Waals surface area contributed by atoms with E-state index >= 15 is 0 Å². The van der Waals surface area contributed by atoms with Gasteiger partial charge in [-0.25, -0.2) is 13.1 Å². The summed E-state index contributed by atoms with van der Waals surface area (Å²) in [5.41, 5.74) is 0. The lowest BCUT2D eigenvalue weighted by molar-refractivity contribution is -0.137. The fraction of sp³-hybridized carbons (Fsp3) is 0.857. The average Bonchev–Trinajstić information content (AvgIpc) is 3.26. The summed E-state index contributed by atoms with van der Waals surface area (Å²) in [5, 5.41) is 8.68. The van der Waals surface area contributed by atoms with Crippen LogP contribution < -0.4 is 4.72 Å². The molecule has 3 aliphatic rings. The Bertz CT molecular complexity index is 641. The van der Waals surface area contributed by atoms with Crippen molar-refractivity contribution in [2.75, 3.05) is 5.75 Å². The minimum Gasteiger partial charge on any atom is -0.481 e. The summed E-state index contributed by atoms with van der Waals surface area (Å²) in [7, 11) is -3.29. The molecular weight excluding hydrogens is 378 g/mol. The molecule has 0 spiro atoms. The normalized spacial score (nSPS) is 31.0. The molecule has 6 nitrogen and oxygen atoms in total. The SMILES string of the molecule is O=C(O)CCCC=CCC1C2CCC(O2)C1NS(=O)(=O)CCC1CCCCC1. The van der Waals surface area contributed by atoms with Crippen LogP contribution in [0.25, 0.3) is 0 Å². The second-order valence-corrected chi connectivity index (χ2v) is 10.6. The molecule has 0 amide bonds. The van der Waals surface area contributed by atoms with Gasteiger partial charge in [0.2, 0.25) is 10.0 Å². The minimum atomic E-state index is -3.29. The number of ether oxygens (including phenoxy) is 1. The fourth-order valence-corrected chi connectivity index (χ4v) is 6.55. The van der Waals surface area contributed by atoms with Crippen molar-refractivity contribution in [1.82, 2.24) is 4.72 Å². The van der Waals surface area contributed by atoms with Crippen LogP contribution >= 0.6 is 0 Å². The van der Waals surface area contributed by atoms with E-state index in [1.165, 1.54) is 32.1 Å². The predicted octanol–water partition coefficient (Wildman–Crippen LogP) is 3.62. The standard InChI is InChI=1S/C21H35NO5S/c23-20(24)11-7-2-1-6-10-17-18-12-13-19(27-18)21(17)22-28(25,26)15-14-16-8-4-3-5-9-16/h1,6,16-19,21-22H,2-5,7-15H2,(H,23,24). The van der Waals surface area contributed by atoms with Crippen LogP contribution in [0, 0.1) is 11.8 Å². The van der Waals surface area contributed by atoms with Gasteiger partial charge in [-0.3, -0.25) is 4.79 Å². The molecule has 2 saturated heterocycles. The van der Waals surface area contributed by atoms with Gasteiger partial charge in [0.05, 0.1) is 24.0 Å². The van der Waals surface area contributed by atoms with Gasteiger partial charge >= 0.3 is 5.97 Å². The van der Waals surface area contributed by atoms with E-state index < -0.39 is 16.0 Å². The third-order valence-electron chi connectivity index (χ3n) is 6.60. The number of carboxylic acid groups (broad SMARTS) is 1. The Balaban J connectivity index is 1.47. The maximum Gasteiger partial charge on any atom is 0.303 e. The Hall–Kier alpha value is -0.920. The van der Waals surface area contributed by atoms with Crippen molar-refractivity contribution in [3.05, 3.63) is 12.2 Å². The summed E-state index contributed by atoms with van der Waals surface area (Å²) in [6.45, 7) is 0. The Morgan fingerprint density at radius 3 is 2.57 bits per heavy atom. The van der Waals surface area contributed by atoms with Crippen molar-refractivity contribution >= 4 is 16.0 Å². The predicted molar refractivity (Wildman–Crippen MR) is 109 cm³/mol. The number of unbranched alkanes of at least 4 members (excludes halogenated alkanes) is 1. The van der Waals surface area contributed by atoms with E-state index in [1.807, 2.05) is 6.08 Å². The summed E-state index contributed by atoms with van der Waals surface area (Å²) in [6, 6.07) is -0.126. The van der Waals surface area contributed by atoms with Crippen molar-refractivity contribution in [3.8, 4) is 0 Å². The topological polar surface area (TPSA) is 92.7 Å². The highest BCUT2D eigenvalue weighted by Crippen LogP contribution is 2.41. The zero-order valence-corrected chi connectivity index (χ0v) is 17.5. The van der Waals surface area contributed by atoms with Gasteiger partial charge in [0.1, 0.15) is 0 Å². The van der Waals surface area contributed by atoms with E-state index in [0.29, 0.717) is 12.3 Å².